The Hall–Kier alpha value is -1.11. The van der Waals surface area contributed by atoms with Crippen molar-refractivity contribution in [2.75, 3.05) is 0 Å². The number of rotatable bonds is 3. The van der Waals surface area contributed by atoms with Crippen molar-refractivity contribution >= 4 is 5.78 Å². The van der Waals surface area contributed by atoms with Gasteiger partial charge in [-0.1, -0.05) is 44.4 Å². The lowest BCUT2D eigenvalue weighted by atomic mass is 9.77. The number of hydrogen-bond acceptors (Lipinski definition) is 1. The van der Waals surface area contributed by atoms with Crippen LogP contribution in [-0.2, 0) is 0 Å². The maximum absolute atomic E-state index is 12.6. The molecule has 1 aromatic carbocycles. The largest absolute Gasteiger partial charge is 0.294 e. The van der Waals surface area contributed by atoms with E-state index in [1.807, 2.05) is 6.07 Å². The molecule has 1 heteroatoms. The summed E-state index contributed by atoms with van der Waals surface area (Å²) in [6, 6.07) is 8.46. The second kappa shape index (κ2) is 5.48. The second-order valence-corrected chi connectivity index (χ2v) is 6.59. The number of carbonyl (C=O) groups excluding carboxylic acids is 1. The Morgan fingerprint density at radius 2 is 1.89 bits per heavy atom. The highest BCUT2D eigenvalue weighted by molar-refractivity contribution is 5.98. The van der Waals surface area contributed by atoms with Crippen molar-refractivity contribution in [1.29, 1.82) is 0 Å². The first-order chi connectivity index (χ1) is 9.24. The minimum Gasteiger partial charge on any atom is -0.294 e. The van der Waals surface area contributed by atoms with Gasteiger partial charge in [0, 0.05) is 11.5 Å². The Bertz CT molecular complexity index is 459. The molecule has 0 saturated heterocycles. The Kier molecular flexibility index (Phi) is 3.72. The Morgan fingerprint density at radius 1 is 1.11 bits per heavy atom. The summed E-state index contributed by atoms with van der Waals surface area (Å²) < 4.78 is 0. The normalized spacial score (nSPS) is 27.8. The molecule has 0 spiro atoms. The molecule has 2 fully saturated rings. The summed E-state index contributed by atoms with van der Waals surface area (Å²) in [5.74, 6) is 2.11. The third kappa shape index (κ3) is 2.75. The first-order valence-corrected chi connectivity index (χ1v) is 7.88. The Labute approximate surface area is 116 Å². The van der Waals surface area contributed by atoms with E-state index < -0.39 is 0 Å². The van der Waals surface area contributed by atoms with E-state index in [1.54, 1.807) is 0 Å². The van der Waals surface area contributed by atoms with Crippen LogP contribution in [0.2, 0.25) is 0 Å². The van der Waals surface area contributed by atoms with Gasteiger partial charge in [0.2, 0.25) is 0 Å². The molecule has 0 amide bonds. The lowest BCUT2D eigenvalue weighted by molar-refractivity contribution is 0.0868. The van der Waals surface area contributed by atoms with Gasteiger partial charge in [-0.15, -0.1) is 0 Å². The van der Waals surface area contributed by atoms with Crippen molar-refractivity contribution in [1.82, 2.24) is 0 Å². The van der Waals surface area contributed by atoms with Crippen LogP contribution in [0.25, 0.3) is 0 Å². The van der Waals surface area contributed by atoms with Gasteiger partial charge in [0.1, 0.15) is 0 Å². The lowest BCUT2D eigenvalue weighted by Crippen LogP contribution is -2.22. The SMILES string of the molecule is CC1CCCC(C(=O)c2cccc(C3CCC3)c2)C1. The van der Waals surface area contributed by atoms with E-state index in [0.717, 1.165) is 30.2 Å². The quantitative estimate of drug-likeness (QED) is 0.698. The predicted molar refractivity (Wildman–Crippen MR) is 78.5 cm³/mol. The van der Waals surface area contributed by atoms with Crippen LogP contribution < -0.4 is 0 Å². The van der Waals surface area contributed by atoms with E-state index in [4.69, 9.17) is 0 Å². The average Bonchev–Trinajstić information content (AvgIpc) is 2.36. The molecule has 2 saturated carbocycles. The van der Waals surface area contributed by atoms with E-state index in [0.29, 0.717) is 5.78 Å². The molecule has 3 rings (SSSR count). The second-order valence-electron chi connectivity index (χ2n) is 6.59. The summed E-state index contributed by atoms with van der Waals surface area (Å²) in [4.78, 5) is 12.6. The molecule has 0 radical (unpaired) electrons. The van der Waals surface area contributed by atoms with E-state index >= 15 is 0 Å². The van der Waals surface area contributed by atoms with E-state index in [1.165, 1.54) is 37.7 Å². The van der Waals surface area contributed by atoms with E-state index in [9.17, 15) is 4.79 Å². The Balaban J connectivity index is 1.75. The van der Waals surface area contributed by atoms with Crippen molar-refractivity contribution in [2.24, 2.45) is 11.8 Å². The van der Waals surface area contributed by atoms with Gasteiger partial charge in [-0.3, -0.25) is 4.79 Å². The van der Waals surface area contributed by atoms with Crippen molar-refractivity contribution < 1.29 is 4.79 Å². The number of Topliss-reactive ketones (excluding diaryl/α,β-unsaturated/α-hetero) is 1. The minimum atomic E-state index is 0.278. The molecule has 2 aliphatic rings. The molecule has 102 valence electrons. The van der Waals surface area contributed by atoms with Crippen molar-refractivity contribution in [2.45, 2.75) is 57.8 Å². The summed E-state index contributed by atoms with van der Waals surface area (Å²) in [6.07, 6.45) is 8.66. The first-order valence-electron chi connectivity index (χ1n) is 7.88. The van der Waals surface area contributed by atoms with Gasteiger partial charge in [-0.2, -0.15) is 0 Å². The van der Waals surface area contributed by atoms with Crippen molar-refractivity contribution in [3.63, 3.8) is 0 Å². The summed E-state index contributed by atoms with van der Waals surface area (Å²) in [7, 11) is 0. The van der Waals surface area contributed by atoms with Crippen molar-refractivity contribution in [3.05, 3.63) is 35.4 Å². The molecule has 2 unspecified atom stereocenters. The molecule has 0 heterocycles. The monoisotopic (exact) mass is 256 g/mol. The molecule has 0 aliphatic heterocycles. The van der Waals surface area contributed by atoms with Crippen LogP contribution in [0.5, 0.6) is 0 Å². The fourth-order valence-corrected chi connectivity index (χ4v) is 3.60. The van der Waals surface area contributed by atoms with Crippen LogP contribution in [0, 0.1) is 11.8 Å². The standard InChI is InChI=1S/C18H24O/c1-13-5-2-9-16(11-13)18(19)17-10-4-8-15(12-17)14-6-3-7-14/h4,8,10,12-14,16H,2-3,5-7,9,11H2,1H3. The third-order valence-corrected chi connectivity index (χ3v) is 5.05. The van der Waals surface area contributed by atoms with Crippen molar-refractivity contribution in [3.8, 4) is 0 Å². The average molecular weight is 256 g/mol. The first kappa shape index (κ1) is 12.9. The smallest absolute Gasteiger partial charge is 0.165 e. The zero-order valence-electron chi connectivity index (χ0n) is 11.9. The van der Waals surface area contributed by atoms with E-state index in [-0.39, 0.29) is 5.92 Å². The maximum atomic E-state index is 12.6. The fourth-order valence-electron chi connectivity index (χ4n) is 3.60. The summed E-state index contributed by atoms with van der Waals surface area (Å²) in [6.45, 7) is 2.28. The molecular weight excluding hydrogens is 232 g/mol. The predicted octanol–water partition coefficient (Wildman–Crippen LogP) is 4.96. The zero-order valence-corrected chi connectivity index (χ0v) is 11.9. The third-order valence-electron chi connectivity index (χ3n) is 5.05. The number of hydrogen-bond donors (Lipinski definition) is 0. The molecule has 2 atom stereocenters. The van der Waals surface area contributed by atoms with Gasteiger partial charge in [-0.05, 0) is 49.1 Å². The molecular formula is C18H24O. The number of carbonyl (C=O) groups is 1. The number of ketones is 1. The minimum absolute atomic E-state index is 0.278. The van der Waals surface area contributed by atoms with Gasteiger partial charge in [-0.25, -0.2) is 0 Å². The molecule has 2 aliphatic carbocycles. The lowest BCUT2D eigenvalue weighted by Gasteiger charge is -2.27. The van der Waals surface area contributed by atoms with Gasteiger partial charge in [0.05, 0.1) is 0 Å². The van der Waals surface area contributed by atoms with Crippen LogP contribution in [0.4, 0.5) is 0 Å². The molecule has 19 heavy (non-hydrogen) atoms. The van der Waals surface area contributed by atoms with Crippen LogP contribution in [0.3, 0.4) is 0 Å². The van der Waals surface area contributed by atoms with Gasteiger partial charge in [0.25, 0.3) is 0 Å². The summed E-state index contributed by atoms with van der Waals surface area (Å²) >= 11 is 0. The highest BCUT2D eigenvalue weighted by atomic mass is 16.1. The highest BCUT2D eigenvalue weighted by Gasteiger charge is 2.27. The Morgan fingerprint density at radius 3 is 2.58 bits per heavy atom. The van der Waals surface area contributed by atoms with Gasteiger partial charge >= 0.3 is 0 Å². The van der Waals surface area contributed by atoms with Crippen LogP contribution in [0.15, 0.2) is 24.3 Å². The summed E-state index contributed by atoms with van der Waals surface area (Å²) in [5.41, 5.74) is 2.35. The molecule has 1 aromatic rings. The van der Waals surface area contributed by atoms with Gasteiger partial charge in [0.15, 0.2) is 5.78 Å². The maximum Gasteiger partial charge on any atom is 0.165 e. The van der Waals surface area contributed by atoms with Gasteiger partial charge < -0.3 is 0 Å². The summed E-state index contributed by atoms with van der Waals surface area (Å²) in [5, 5.41) is 0. The zero-order chi connectivity index (χ0) is 13.2. The van der Waals surface area contributed by atoms with Crippen LogP contribution >= 0.6 is 0 Å². The molecule has 0 bridgehead atoms. The fraction of sp³-hybridized carbons (Fsp3) is 0.611. The topological polar surface area (TPSA) is 17.1 Å². The van der Waals surface area contributed by atoms with Crippen LogP contribution in [-0.4, -0.2) is 5.78 Å². The highest BCUT2D eigenvalue weighted by Crippen LogP contribution is 2.37. The molecule has 0 N–H and O–H groups in total. The molecule has 1 nitrogen and oxygen atoms in total. The molecule has 0 aromatic heterocycles. The number of benzene rings is 1. The van der Waals surface area contributed by atoms with Crippen LogP contribution in [0.1, 0.15) is 73.7 Å². The van der Waals surface area contributed by atoms with E-state index in [2.05, 4.69) is 25.1 Å².